The Morgan fingerprint density at radius 2 is 1.84 bits per heavy atom. The average molecular weight is 285 g/mol. The Balaban J connectivity index is 2.41. The first-order valence-corrected chi connectivity index (χ1v) is 6.75. The highest BCUT2D eigenvalue weighted by atomic mass is 32.1. The molecule has 2 aromatic rings. The first kappa shape index (κ1) is 14.1. The van der Waals surface area contributed by atoms with Gasteiger partial charge in [-0.2, -0.15) is 13.2 Å². The molecule has 0 saturated heterocycles. The molecule has 2 rings (SSSR count). The minimum atomic E-state index is -4.38. The molecule has 0 bridgehead atoms. The van der Waals surface area contributed by atoms with E-state index in [1.54, 1.807) is 12.1 Å². The molecule has 102 valence electrons. The molecule has 1 unspecified atom stereocenters. The van der Waals surface area contributed by atoms with Gasteiger partial charge < -0.3 is 5.73 Å². The highest BCUT2D eigenvalue weighted by Gasteiger charge is 2.34. The molecule has 1 nitrogen and oxygen atoms in total. The average Bonchev–Trinajstić information content (AvgIpc) is 2.85. The molecule has 0 fully saturated rings. The quantitative estimate of drug-likeness (QED) is 0.890. The number of nitrogens with two attached hydrogens (primary N) is 1. The highest BCUT2D eigenvalue weighted by Crippen LogP contribution is 2.37. The minimum absolute atomic E-state index is 0.125. The lowest BCUT2D eigenvalue weighted by Gasteiger charge is -2.17. The van der Waals surface area contributed by atoms with Gasteiger partial charge in [0.15, 0.2) is 0 Å². The third-order valence-electron chi connectivity index (χ3n) is 2.94. The Hall–Kier alpha value is -1.33. The van der Waals surface area contributed by atoms with E-state index in [9.17, 15) is 13.2 Å². The highest BCUT2D eigenvalue weighted by molar-refractivity contribution is 7.12. The molecule has 0 aliphatic heterocycles. The second-order valence-electron chi connectivity index (χ2n) is 4.22. The summed E-state index contributed by atoms with van der Waals surface area (Å²) >= 11 is 1.46. The maximum Gasteiger partial charge on any atom is 0.416 e. The molecule has 1 atom stereocenters. The van der Waals surface area contributed by atoms with E-state index >= 15 is 0 Å². The summed E-state index contributed by atoms with van der Waals surface area (Å²) in [6, 6.07) is 8.46. The SMILES string of the molecule is CCc1ccc(C(N)c2ccccc2C(F)(F)F)s1. The third kappa shape index (κ3) is 2.98. The standard InChI is InChI=1S/C14H14F3NS/c1-2-9-7-8-12(19-9)13(18)10-5-3-4-6-11(10)14(15,16)17/h3-8,13H,2,18H2,1H3. The Morgan fingerprint density at radius 3 is 2.42 bits per heavy atom. The zero-order chi connectivity index (χ0) is 14.0. The van der Waals surface area contributed by atoms with E-state index in [4.69, 9.17) is 5.73 Å². The second kappa shape index (κ2) is 5.35. The van der Waals surface area contributed by atoms with E-state index in [1.165, 1.54) is 23.5 Å². The molecule has 0 amide bonds. The van der Waals surface area contributed by atoms with Gasteiger partial charge in [-0.05, 0) is 30.2 Å². The lowest BCUT2D eigenvalue weighted by molar-refractivity contribution is -0.138. The van der Waals surface area contributed by atoms with E-state index in [0.29, 0.717) is 0 Å². The Kier molecular flexibility index (Phi) is 3.96. The van der Waals surface area contributed by atoms with Crippen molar-refractivity contribution in [3.05, 3.63) is 57.3 Å². The molecule has 0 aliphatic rings. The molecule has 5 heteroatoms. The molecule has 0 saturated carbocycles. The molecular weight excluding hydrogens is 271 g/mol. The summed E-state index contributed by atoms with van der Waals surface area (Å²) in [6.45, 7) is 2.00. The largest absolute Gasteiger partial charge is 0.416 e. The summed E-state index contributed by atoms with van der Waals surface area (Å²) < 4.78 is 38.8. The van der Waals surface area contributed by atoms with Crippen molar-refractivity contribution in [3.63, 3.8) is 0 Å². The molecular formula is C14H14F3NS. The Bertz CT molecular complexity index is 560. The number of alkyl halides is 3. The van der Waals surface area contributed by atoms with Crippen molar-refractivity contribution in [2.45, 2.75) is 25.6 Å². The van der Waals surface area contributed by atoms with Crippen molar-refractivity contribution in [2.24, 2.45) is 5.73 Å². The van der Waals surface area contributed by atoms with Gasteiger partial charge in [-0.3, -0.25) is 0 Å². The number of aryl methyl sites for hydroxylation is 1. The van der Waals surface area contributed by atoms with Gasteiger partial charge in [0.05, 0.1) is 11.6 Å². The lowest BCUT2D eigenvalue weighted by atomic mass is 9.99. The first-order valence-electron chi connectivity index (χ1n) is 5.93. The minimum Gasteiger partial charge on any atom is -0.320 e. The first-order chi connectivity index (χ1) is 8.93. The predicted octanol–water partition coefficient (Wildman–Crippen LogP) is 4.38. The van der Waals surface area contributed by atoms with Crippen molar-refractivity contribution < 1.29 is 13.2 Å². The molecule has 0 spiro atoms. The maximum absolute atomic E-state index is 12.9. The number of rotatable bonds is 3. The molecule has 0 aliphatic carbocycles. The van der Waals surface area contributed by atoms with Gasteiger partial charge in [0.2, 0.25) is 0 Å². The smallest absolute Gasteiger partial charge is 0.320 e. The van der Waals surface area contributed by atoms with E-state index in [1.807, 2.05) is 13.0 Å². The fourth-order valence-electron chi connectivity index (χ4n) is 1.93. The zero-order valence-corrected chi connectivity index (χ0v) is 11.2. The molecule has 19 heavy (non-hydrogen) atoms. The van der Waals surface area contributed by atoms with Gasteiger partial charge in [-0.1, -0.05) is 25.1 Å². The molecule has 1 heterocycles. The van der Waals surface area contributed by atoms with Gasteiger partial charge >= 0.3 is 6.18 Å². The summed E-state index contributed by atoms with van der Waals surface area (Å²) in [5, 5.41) is 0. The molecule has 2 N–H and O–H groups in total. The van der Waals surface area contributed by atoms with Crippen LogP contribution in [0.15, 0.2) is 36.4 Å². The Labute approximate surface area is 113 Å². The fraction of sp³-hybridized carbons (Fsp3) is 0.286. The normalized spacial score (nSPS) is 13.5. The lowest BCUT2D eigenvalue weighted by Crippen LogP contribution is -2.17. The van der Waals surface area contributed by atoms with E-state index in [0.717, 1.165) is 22.2 Å². The van der Waals surface area contributed by atoms with Gasteiger partial charge in [-0.25, -0.2) is 0 Å². The Morgan fingerprint density at radius 1 is 1.16 bits per heavy atom. The van der Waals surface area contributed by atoms with E-state index < -0.39 is 17.8 Å². The number of hydrogen-bond donors (Lipinski definition) is 1. The van der Waals surface area contributed by atoms with E-state index in [2.05, 4.69) is 0 Å². The molecule has 0 radical (unpaired) electrons. The predicted molar refractivity (Wildman–Crippen MR) is 71.2 cm³/mol. The van der Waals surface area contributed by atoms with Crippen molar-refractivity contribution in [1.82, 2.24) is 0 Å². The second-order valence-corrected chi connectivity index (χ2v) is 5.42. The van der Waals surface area contributed by atoms with Gasteiger partial charge in [0.25, 0.3) is 0 Å². The molecule has 1 aromatic carbocycles. The van der Waals surface area contributed by atoms with Crippen LogP contribution in [-0.2, 0) is 12.6 Å². The third-order valence-corrected chi connectivity index (χ3v) is 4.25. The van der Waals surface area contributed by atoms with Crippen LogP contribution in [0.4, 0.5) is 13.2 Å². The number of halogens is 3. The fourth-order valence-corrected chi connectivity index (χ4v) is 2.90. The zero-order valence-electron chi connectivity index (χ0n) is 10.4. The summed E-state index contributed by atoms with van der Waals surface area (Å²) in [5.74, 6) is 0. The van der Waals surface area contributed by atoms with Gasteiger partial charge in [-0.15, -0.1) is 11.3 Å². The van der Waals surface area contributed by atoms with Crippen LogP contribution in [0, 0.1) is 0 Å². The topological polar surface area (TPSA) is 26.0 Å². The maximum atomic E-state index is 12.9. The van der Waals surface area contributed by atoms with Crippen LogP contribution in [0.25, 0.3) is 0 Å². The van der Waals surface area contributed by atoms with Crippen LogP contribution in [0.5, 0.6) is 0 Å². The van der Waals surface area contributed by atoms with Crippen molar-refractivity contribution in [2.75, 3.05) is 0 Å². The van der Waals surface area contributed by atoms with Gasteiger partial charge in [0, 0.05) is 9.75 Å². The van der Waals surface area contributed by atoms with Crippen molar-refractivity contribution in [1.29, 1.82) is 0 Å². The molecule has 1 aromatic heterocycles. The van der Waals surface area contributed by atoms with Crippen LogP contribution in [-0.4, -0.2) is 0 Å². The monoisotopic (exact) mass is 285 g/mol. The van der Waals surface area contributed by atoms with Crippen LogP contribution >= 0.6 is 11.3 Å². The van der Waals surface area contributed by atoms with E-state index in [-0.39, 0.29) is 5.56 Å². The number of thiophene rings is 1. The number of hydrogen-bond acceptors (Lipinski definition) is 2. The van der Waals surface area contributed by atoms with Crippen LogP contribution < -0.4 is 5.73 Å². The summed E-state index contributed by atoms with van der Waals surface area (Å²) in [5.41, 5.74) is 5.46. The van der Waals surface area contributed by atoms with Crippen molar-refractivity contribution in [3.8, 4) is 0 Å². The van der Waals surface area contributed by atoms with Gasteiger partial charge in [0.1, 0.15) is 0 Å². The number of benzene rings is 1. The van der Waals surface area contributed by atoms with Crippen LogP contribution in [0.2, 0.25) is 0 Å². The van der Waals surface area contributed by atoms with Crippen LogP contribution in [0.3, 0.4) is 0 Å². The summed E-state index contributed by atoms with van der Waals surface area (Å²) in [4.78, 5) is 1.88. The summed E-state index contributed by atoms with van der Waals surface area (Å²) in [6.07, 6.45) is -3.52. The van der Waals surface area contributed by atoms with Crippen LogP contribution in [0.1, 0.15) is 33.8 Å². The van der Waals surface area contributed by atoms with Crippen molar-refractivity contribution >= 4 is 11.3 Å². The summed E-state index contributed by atoms with van der Waals surface area (Å²) in [7, 11) is 0.